The van der Waals surface area contributed by atoms with Crippen LogP contribution in [0.25, 0.3) is 0 Å². The van der Waals surface area contributed by atoms with Crippen LogP contribution in [-0.2, 0) is 0 Å². The molecule has 0 radical (unpaired) electrons. The molecule has 0 bridgehead atoms. The highest BCUT2D eigenvalue weighted by Crippen LogP contribution is 2.22. The molecular weight excluding hydrogens is 252 g/mol. The molecule has 1 atom stereocenters. The van der Waals surface area contributed by atoms with Crippen molar-refractivity contribution in [2.45, 2.75) is 19.9 Å². The summed E-state index contributed by atoms with van der Waals surface area (Å²) in [5.74, 6) is -0.0573. The fraction of sp³-hybridized carbons (Fsp3) is 0.250. The molecule has 0 aliphatic heterocycles. The number of nitriles is 1. The molecule has 4 heteroatoms. The molecule has 0 saturated carbocycles. The van der Waals surface area contributed by atoms with Gasteiger partial charge in [-0.05, 0) is 37.6 Å². The zero-order valence-corrected chi connectivity index (χ0v) is 11.5. The van der Waals surface area contributed by atoms with Crippen molar-refractivity contribution >= 4 is 5.91 Å². The molecule has 102 valence electrons. The summed E-state index contributed by atoms with van der Waals surface area (Å²) in [5, 5.41) is 8.81. The number of rotatable bonds is 4. The van der Waals surface area contributed by atoms with Gasteiger partial charge in [-0.25, -0.2) is 0 Å². The van der Waals surface area contributed by atoms with E-state index in [-0.39, 0.29) is 11.9 Å². The van der Waals surface area contributed by atoms with Crippen LogP contribution in [0, 0.1) is 11.3 Å². The Morgan fingerprint density at radius 1 is 1.35 bits per heavy atom. The molecule has 0 saturated heterocycles. The van der Waals surface area contributed by atoms with Crippen LogP contribution >= 0.6 is 0 Å². The van der Waals surface area contributed by atoms with Gasteiger partial charge in [-0.2, -0.15) is 5.26 Å². The quantitative estimate of drug-likeness (QED) is 0.854. The Hall–Kier alpha value is -2.54. The number of nitrogens with zero attached hydrogens (tertiary/aromatic N) is 2. The minimum atomic E-state index is -0.0601. The van der Waals surface area contributed by atoms with E-state index in [1.165, 1.54) is 12.5 Å². The Morgan fingerprint density at radius 3 is 2.55 bits per heavy atom. The van der Waals surface area contributed by atoms with Gasteiger partial charge in [0.15, 0.2) is 0 Å². The van der Waals surface area contributed by atoms with E-state index in [2.05, 4.69) is 6.07 Å². The molecule has 1 aromatic carbocycles. The molecule has 0 N–H and O–H groups in total. The van der Waals surface area contributed by atoms with E-state index in [0.717, 1.165) is 5.56 Å². The monoisotopic (exact) mass is 268 g/mol. The summed E-state index contributed by atoms with van der Waals surface area (Å²) < 4.78 is 4.96. The van der Waals surface area contributed by atoms with Crippen molar-refractivity contribution in [1.82, 2.24) is 4.90 Å². The van der Waals surface area contributed by atoms with Gasteiger partial charge in [-0.1, -0.05) is 12.1 Å². The van der Waals surface area contributed by atoms with Gasteiger partial charge in [0.2, 0.25) is 0 Å². The van der Waals surface area contributed by atoms with Gasteiger partial charge < -0.3 is 9.32 Å². The molecule has 2 rings (SSSR count). The molecule has 1 aromatic heterocycles. The number of benzene rings is 1. The van der Waals surface area contributed by atoms with E-state index in [9.17, 15) is 4.79 Å². The second-order valence-electron chi connectivity index (χ2n) is 4.51. The zero-order valence-electron chi connectivity index (χ0n) is 11.5. The second kappa shape index (κ2) is 6.07. The minimum Gasteiger partial charge on any atom is -0.472 e. The lowest BCUT2D eigenvalue weighted by Crippen LogP contribution is -2.33. The first-order chi connectivity index (χ1) is 9.67. The third-order valence-corrected chi connectivity index (χ3v) is 3.36. The fourth-order valence-electron chi connectivity index (χ4n) is 2.16. The smallest absolute Gasteiger partial charge is 0.257 e. The fourth-order valence-corrected chi connectivity index (χ4v) is 2.16. The highest BCUT2D eigenvalue weighted by atomic mass is 16.3. The van der Waals surface area contributed by atoms with Gasteiger partial charge in [0.25, 0.3) is 5.91 Å². The van der Waals surface area contributed by atoms with Crippen LogP contribution in [0.3, 0.4) is 0 Å². The molecule has 1 unspecified atom stereocenters. The predicted octanol–water partition coefficient (Wildman–Crippen LogP) is 3.37. The largest absolute Gasteiger partial charge is 0.472 e. The maximum absolute atomic E-state index is 12.4. The number of carbonyl (C=O) groups excluding carboxylic acids is 1. The molecular formula is C16H16N2O2. The van der Waals surface area contributed by atoms with Crippen molar-refractivity contribution in [3.05, 3.63) is 59.5 Å². The van der Waals surface area contributed by atoms with E-state index >= 15 is 0 Å². The molecule has 0 aliphatic carbocycles. The third-order valence-electron chi connectivity index (χ3n) is 3.36. The Morgan fingerprint density at radius 2 is 2.05 bits per heavy atom. The Balaban J connectivity index is 2.22. The topological polar surface area (TPSA) is 57.2 Å². The Bertz CT molecular complexity index is 609. The van der Waals surface area contributed by atoms with Crippen LogP contribution in [0.1, 0.15) is 41.4 Å². The van der Waals surface area contributed by atoms with E-state index in [1.54, 1.807) is 23.1 Å². The molecule has 1 amide bonds. The number of hydrogen-bond acceptors (Lipinski definition) is 3. The van der Waals surface area contributed by atoms with E-state index in [1.807, 2.05) is 26.0 Å². The highest BCUT2D eigenvalue weighted by molar-refractivity contribution is 5.94. The van der Waals surface area contributed by atoms with Gasteiger partial charge in [0.1, 0.15) is 6.26 Å². The van der Waals surface area contributed by atoms with Gasteiger partial charge in [-0.15, -0.1) is 0 Å². The van der Waals surface area contributed by atoms with Crippen molar-refractivity contribution < 1.29 is 9.21 Å². The summed E-state index contributed by atoms with van der Waals surface area (Å²) in [6.45, 7) is 4.52. The zero-order chi connectivity index (χ0) is 14.5. The summed E-state index contributed by atoms with van der Waals surface area (Å²) in [6.07, 6.45) is 2.95. The van der Waals surface area contributed by atoms with Gasteiger partial charge in [0, 0.05) is 6.54 Å². The molecule has 0 fully saturated rings. The SMILES string of the molecule is CCN(C(=O)c1ccoc1)C(C)c1ccc(C#N)cc1. The van der Waals surface area contributed by atoms with Crippen LogP contribution in [0.2, 0.25) is 0 Å². The normalized spacial score (nSPS) is 11.7. The van der Waals surface area contributed by atoms with Gasteiger partial charge in [0.05, 0.1) is 29.5 Å². The lowest BCUT2D eigenvalue weighted by atomic mass is 10.0. The van der Waals surface area contributed by atoms with Gasteiger partial charge in [-0.3, -0.25) is 4.79 Å². The number of amides is 1. The molecule has 0 spiro atoms. The van der Waals surface area contributed by atoms with Crippen LogP contribution in [0.5, 0.6) is 0 Å². The first-order valence-electron chi connectivity index (χ1n) is 6.50. The van der Waals surface area contributed by atoms with Crippen LogP contribution in [0.4, 0.5) is 0 Å². The summed E-state index contributed by atoms with van der Waals surface area (Å²) in [5.41, 5.74) is 2.17. The third kappa shape index (κ3) is 2.72. The standard InChI is InChI=1S/C16H16N2O2/c1-3-18(16(19)15-8-9-20-11-15)12(2)14-6-4-13(10-17)5-7-14/h4-9,11-12H,3H2,1-2H3. The number of furan rings is 1. The Kier molecular flexibility index (Phi) is 4.21. The lowest BCUT2D eigenvalue weighted by molar-refractivity contribution is 0.0701. The van der Waals surface area contributed by atoms with E-state index < -0.39 is 0 Å². The first-order valence-corrected chi connectivity index (χ1v) is 6.50. The minimum absolute atomic E-state index is 0.0573. The molecule has 4 nitrogen and oxygen atoms in total. The van der Waals surface area contributed by atoms with Crippen molar-refractivity contribution in [3.63, 3.8) is 0 Å². The summed E-state index contributed by atoms with van der Waals surface area (Å²) in [6, 6.07) is 11.0. The molecule has 2 aromatic rings. The first kappa shape index (κ1) is 13.9. The average Bonchev–Trinajstić information content (AvgIpc) is 3.02. The van der Waals surface area contributed by atoms with Crippen LogP contribution in [0.15, 0.2) is 47.3 Å². The molecule has 20 heavy (non-hydrogen) atoms. The van der Waals surface area contributed by atoms with E-state index in [0.29, 0.717) is 17.7 Å². The summed E-state index contributed by atoms with van der Waals surface area (Å²) >= 11 is 0. The summed E-state index contributed by atoms with van der Waals surface area (Å²) in [7, 11) is 0. The van der Waals surface area contributed by atoms with Crippen molar-refractivity contribution in [1.29, 1.82) is 5.26 Å². The average molecular weight is 268 g/mol. The van der Waals surface area contributed by atoms with Crippen molar-refractivity contribution in [3.8, 4) is 6.07 Å². The predicted molar refractivity (Wildman–Crippen MR) is 75.0 cm³/mol. The Labute approximate surface area is 118 Å². The lowest BCUT2D eigenvalue weighted by Gasteiger charge is -2.28. The van der Waals surface area contributed by atoms with Crippen LogP contribution in [-0.4, -0.2) is 17.4 Å². The van der Waals surface area contributed by atoms with Crippen LogP contribution < -0.4 is 0 Å². The van der Waals surface area contributed by atoms with Gasteiger partial charge >= 0.3 is 0 Å². The summed E-state index contributed by atoms with van der Waals surface area (Å²) in [4.78, 5) is 14.2. The van der Waals surface area contributed by atoms with E-state index in [4.69, 9.17) is 9.68 Å². The van der Waals surface area contributed by atoms with Crippen molar-refractivity contribution in [2.24, 2.45) is 0 Å². The molecule has 0 aliphatic rings. The molecule has 1 heterocycles. The maximum atomic E-state index is 12.4. The second-order valence-corrected chi connectivity index (χ2v) is 4.51. The highest BCUT2D eigenvalue weighted by Gasteiger charge is 2.21. The van der Waals surface area contributed by atoms with Crippen molar-refractivity contribution in [2.75, 3.05) is 6.54 Å². The number of hydrogen-bond donors (Lipinski definition) is 0. The number of carbonyl (C=O) groups is 1. The maximum Gasteiger partial charge on any atom is 0.257 e.